The van der Waals surface area contributed by atoms with Crippen LogP contribution in [0.15, 0.2) is 101 Å². The number of thioether (sulfide) groups is 1. The highest BCUT2D eigenvalue weighted by molar-refractivity contribution is 8.00. The van der Waals surface area contributed by atoms with Gasteiger partial charge in [0.15, 0.2) is 0 Å². The molecule has 3 amide bonds. The molecule has 4 rings (SSSR count). The van der Waals surface area contributed by atoms with E-state index in [4.69, 9.17) is 23.2 Å². The van der Waals surface area contributed by atoms with Crippen LogP contribution in [0.3, 0.4) is 0 Å². The lowest BCUT2D eigenvalue weighted by Gasteiger charge is -2.11. The van der Waals surface area contributed by atoms with E-state index in [0.29, 0.717) is 27.0 Å². The Balaban J connectivity index is 1.37. The Bertz CT molecular complexity index is 1460. The van der Waals surface area contributed by atoms with Gasteiger partial charge in [0, 0.05) is 21.0 Å². The zero-order chi connectivity index (χ0) is 26.9. The van der Waals surface area contributed by atoms with Gasteiger partial charge in [0.2, 0.25) is 5.91 Å². The molecule has 3 N–H and O–H groups in total. The first-order valence-corrected chi connectivity index (χ1v) is 13.9. The van der Waals surface area contributed by atoms with E-state index in [1.165, 1.54) is 23.1 Å². The quantitative estimate of drug-likeness (QED) is 0.144. The standard InChI is InChI=1S/C28H21Cl2N3O3S2/c29-22-9-4-10-23(26(22)30)32-25(34)17-38-20-13-11-19(12-14-20)31-28(36)24(16-21-8-5-15-37-21)33-27(35)18-6-2-1-3-7-18/h1-16H,17H2,(H,31,36)(H,32,34)(H,33,35)/b24-16-. The fourth-order valence-corrected chi connectivity index (χ4v) is 4.93. The average molecular weight is 583 g/mol. The fraction of sp³-hybridized carbons (Fsp3) is 0.0357. The first kappa shape index (κ1) is 27.5. The Morgan fingerprint density at radius 2 is 1.61 bits per heavy atom. The first-order valence-electron chi connectivity index (χ1n) is 11.3. The van der Waals surface area contributed by atoms with Gasteiger partial charge < -0.3 is 16.0 Å². The van der Waals surface area contributed by atoms with Gasteiger partial charge >= 0.3 is 0 Å². The molecule has 3 aromatic carbocycles. The second kappa shape index (κ2) is 13.3. The molecule has 0 unspecified atom stereocenters. The lowest BCUT2D eigenvalue weighted by molar-refractivity contribution is -0.114. The summed E-state index contributed by atoms with van der Waals surface area (Å²) in [5, 5.41) is 10.8. The monoisotopic (exact) mass is 581 g/mol. The maximum Gasteiger partial charge on any atom is 0.272 e. The number of halogens is 2. The van der Waals surface area contributed by atoms with Crippen molar-refractivity contribution in [2.45, 2.75) is 4.90 Å². The third-order valence-electron chi connectivity index (χ3n) is 5.07. The fourth-order valence-electron chi connectivity index (χ4n) is 3.23. The highest BCUT2D eigenvalue weighted by Gasteiger charge is 2.15. The van der Waals surface area contributed by atoms with Crippen molar-refractivity contribution < 1.29 is 14.4 Å². The number of nitrogens with one attached hydrogen (secondary N) is 3. The Morgan fingerprint density at radius 1 is 0.842 bits per heavy atom. The number of benzene rings is 3. The molecule has 192 valence electrons. The highest BCUT2D eigenvalue weighted by atomic mass is 35.5. The van der Waals surface area contributed by atoms with Crippen molar-refractivity contribution in [3.05, 3.63) is 116 Å². The van der Waals surface area contributed by atoms with Crippen molar-refractivity contribution >= 4 is 81.5 Å². The predicted octanol–water partition coefficient (Wildman–Crippen LogP) is 7.20. The molecule has 0 atom stereocenters. The summed E-state index contributed by atoms with van der Waals surface area (Å²) in [5.41, 5.74) is 1.56. The zero-order valence-electron chi connectivity index (χ0n) is 19.7. The molecule has 0 saturated heterocycles. The molecule has 10 heteroatoms. The van der Waals surface area contributed by atoms with E-state index >= 15 is 0 Å². The van der Waals surface area contributed by atoms with E-state index in [-0.39, 0.29) is 23.3 Å². The maximum atomic E-state index is 13.1. The number of carbonyl (C=O) groups is 3. The molecular weight excluding hydrogens is 561 g/mol. The number of anilines is 2. The number of carbonyl (C=O) groups excluding carboxylic acids is 3. The van der Waals surface area contributed by atoms with Gasteiger partial charge in [-0.3, -0.25) is 14.4 Å². The van der Waals surface area contributed by atoms with Crippen LogP contribution in [-0.4, -0.2) is 23.5 Å². The van der Waals surface area contributed by atoms with Crippen molar-refractivity contribution in [2.75, 3.05) is 16.4 Å². The molecule has 4 aromatic rings. The van der Waals surface area contributed by atoms with Crippen molar-refractivity contribution in [3.8, 4) is 0 Å². The van der Waals surface area contributed by atoms with E-state index in [2.05, 4.69) is 16.0 Å². The molecule has 0 radical (unpaired) electrons. The van der Waals surface area contributed by atoms with Gasteiger partial charge in [-0.25, -0.2) is 0 Å². The molecular formula is C28H21Cl2N3O3S2. The summed E-state index contributed by atoms with van der Waals surface area (Å²) in [7, 11) is 0. The summed E-state index contributed by atoms with van der Waals surface area (Å²) in [6.07, 6.45) is 1.63. The smallest absolute Gasteiger partial charge is 0.272 e. The van der Waals surface area contributed by atoms with Crippen LogP contribution >= 0.6 is 46.3 Å². The van der Waals surface area contributed by atoms with Crippen LogP contribution in [0.4, 0.5) is 11.4 Å². The molecule has 1 aromatic heterocycles. The summed E-state index contributed by atoms with van der Waals surface area (Å²) in [4.78, 5) is 39.7. The topological polar surface area (TPSA) is 87.3 Å². The molecule has 38 heavy (non-hydrogen) atoms. The highest BCUT2D eigenvalue weighted by Crippen LogP contribution is 2.30. The van der Waals surface area contributed by atoms with Crippen molar-refractivity contribution in [3.63, 3.8) is 0 Å². The van der Waals surface area contributed by atoms with Gasteiger partial charge in [0.05, 0.1) is 21.5 Å². The minimum atomic E-state index is -0.458. The van der Waals surface area contributed by atoms with E-state index in [1.807, 2.05) is 23.6 Å². The first-order chi connectivity index (χ1) is 18.4. The van der Waals surface area contributed by atoms with Crippen LogP contribution in [0.2, 0.25) is 10.0 Å². The molecule has 0 aliphatic heterocycles. The van der Waals surface area contributed by atoms with Crippen LogP contribution in [0.25, 0.3) is 6.08 Å². The van der Waals surface area contributed by atoms with E-state index < -0.39 is 5.91 Å². The van der Waals surface area contributed by atoms with E-state index in [1.54, 1.807) is 72.8 Å². The summed E-state index contributed by atoms with van der Waals surface area (Å²) < 4.78 is 0. The van der Waals surface area contributed by atoms with Crippen LogP contribution in [0, 0.1) is 0 Å². The summed E-state index contributed by atoms with van der Waals surface area (Å²) >= 11 is 14.9. The minimum Gasteiger partial charge on any atom is -0.324 e. The number of hydrogen-bond donors (Lipinski definition) is 3. The number of thiophene rings is 1. The van der Waals surface area contributed by atoms with Gasteiger partial charge in [-0.1, -0.05) is 53.5 Å². The molecule has 1 heterocycles. The molecule has 0 saturated carbocycles. The zero-order valence-corrected chi connectivity index (χ0v) is 22.9. The summed E-state index contributed by atoms with van der Waals surface area (Å²) in [6.45, 7) is 0. The van der Waals surface area contributed by atoms with Crippen molar-refractivity contribution in [2.24, 2.45) is 0 Å². The van der Waals surface area contributed by atoms with Crippen LogP contribution in [0.1, 0.15) is 15.2 Å². The minimum absolute atomic E-state index is 0.121. The SMILES string of the molecule is O=C(CSc1ccc(NC(=O)/C(=C/c2cccs2)NC(=O)c2ccccc2)cc1)Nc1cccc(Cl)c1Cl. The lowest BCUT2D eigenvalue weighted by Crippen LogP contribution is -2.30. The number of rotatable bonds is 9. The molecule has 0 aliphatic rings. The van der Waals surface area contributed by atoms with Gasteiger partial charge in [-0.15, -0.1) is 23.1 Å². The Morgan fingerprint density at radius 3 is 2.32 bits per heavy atom. The molecule has 0 aliphatic carbocycles. The predicted molar refractivity (Wildman–Crippen MR) is 157 cm³/mol. The van der Waals surface area contributed by atoms with E-state index in [9.17, 15) is 14.4 Å². The van der Waals surface area contributed by atoms with E-state index in [0.717, 1.165) is 9.77 Å². The summed E-state index contributed by atoms with van der Waals surface area (Å²) in [6, 6.07) is 24.5. The maximum absolute atomic E-state index is 13.1. The van der Waals surface area contributed by atoms with Crippen molar-refractivity contribution in [1.82, 2.24) is 5.32 Å². The van der Waals surface area contributed by atoms with Gasteiger partial charge in [-0.2, -0.15) is 0 Å². The van der Waals surface area contributed by atoms with Crippen LogP contribution in [-0.2, 0) is 9.59 Å². The number of hydrogen-bond acceptors (Lipinski definition) is 5. The van der Waals surface area contributed by atoms with Crippen LogP contribution in [0.5, 0.6) is 0 Å². The lowest BCUT2D eigenvalue weighted by atomic mass is 10.2. The molecule has 0 fully saturated rings. The Hall–Kier alpha value is -3.56. The van der Waals surface area contributed by atoms with Gasteiger partial charge in [-0.05, 0) is 66.1 Å². The average Bonchev–Trinajstić information content (AvgIpc) is 3.44. The molecule has 6 nitrogen and oxygen atoms in total. The molecule has 0 spiro atoms. The second-order valence-electron chi connectivity index (χ2n) is 7.81. The third kappa shape index (κ3) is 7.72. The van der Waals surface area contributed by atoms with Gasteiger partial charge in [0.1, 0.15) is 5.70 Å². The normalized spacial score (nSPS) is 11.1. The Labute approximate surface area is 238 Å². The number of amides is 3. The van der Waals surface area contributed by atoms with Crippen molar-refractivity contribution in [1.29, 1.82) is 0 Å². The second-order valence-corrected chi connectivity index (χ2v) is 10.6. The molecule has 0 bridgehead atoms. The Kier molecular flexibility index (Phi) is 9.62. The van der Waals surface area contributed by atoms with Gasteiger partial charge in [0.25, 0.3) is 11.8 Å². The largest absolute Gasteiger partial charge is 0.324 e. The summed E-state index contributed by atoms with van der Waals surface area (Å²) in [5.74, 6) is -0.907. The third-order valence-corrected chi connectivity index (χ3v) is 7.72. The van der Waals surface area contributed by atoms with Crippen LogP contribution < -0.4 is 16.0 Å².